The first-order valence-electron chi connectivity index (χ1n) is 2.46. The Morgan fingerprint density at radius 3 is 2.44 bits per heavy atom. The van der Waals surface area contributed by atoms with E-state index in [1.54, 1.807) is 0 Å². The van der Waals surface area contributed by atoms with Crippen molar-refractivity contribution in [3.8, 4) is 0 Å². The molecule has 0 rings (SSSR count). The Morgan fingerprint density at radius 1 is 1.56 bits per heavy atom. The van der Waals surface area contributed by atoms with Crippen LogP contribution in [0, 0.1) is 0 Å². The Morgan fingerprint density at radius 2 is 2.11 bits per heavy atom. The second-order valence-electron chi connectivity index (χ2n) is 1.46. The summed E-state index contributed by atoms with van der Waals surface area (Å²) in [5.74, 6) is -1.69. The number of carbonyl (C=O) groups is 2. The Kier molecular flexibility index (Phi) is 3.43. The van der Waals surface area contributed by atoms with E-state index in [-0.39, 0.29) is 13.0 Å². The van der Waals surface area contributed by atoms with Gasteiger partial charge in [-0.2, -0.15) is 0 Å². The molecule has 0 radical (unpaired) electrons. The van der Waals surface area contributed by atoms with Crippen LogP contribution >= 0.6 is 0 Å². The molecular weight excluding hydrogens is 124 g/mol. The number of esters is 1. The van der Waals surface area contributed by atoms with Crippen LogP contribution in [0.5, 0.6) is 0 Å². The molecule has 0 N–H and O–H groups in total. The van der Waals surface area contributed by atoms with E-state index in [1.807, 2.05) is 0 Å². The highest BCUT2D eigenvalue weighted by Gasteiger charge is 1.90. The zero-order valence-corrected chi connectivity index (χ0v) is 5.05. The van der Waals surface area contributed by atoms with Gasteiger partial charge < -0.3 is 14.6 Å². The number of rotatable bonds is 3. The van der Waals surface area contributed by atoms with Crippen molar-refractivity contribution in [1.29, 1.82) is 0 Å². The minimum absolute atomic E-state index is 0.0995. The average molecular weight is 131 g/mol. The first-order chi connectivity index (χ1) is 4.13. The summed E-state index contributed by atoms with van der Waals surface area (Å²) in [4.78, 5) is 19.7. The van der Waals surface area contributed by atoms with E-state index in [0.29, 0.717) is 0 Å². The summed E-state index contributed by atoms with van der Waals surface area (Å²) in [6, 6.07) is 0. The van der Waals surface area contributed by atoms with Gasteiger partial charge in [-0.1, -0.05) is 0 Å². The van der Waals surface area contributed by atoms with Crippen LogP contribution in [0.1, 0.15) is 13.3 Å². The summed E-state index contributed by atoms with van der Waals surface area (Å²) < 4.78 is 4.29. The fraction of sp³-hybridized carbons (Fsp3) is 0.600. The number of ether oxygens (including phenoxy) is 1. The molecule has 4 nitrogen and oxygen atoms in total. The molecule has 52 valence electrons. The van der Waals surface area contributed by atoms with E-state index in [1.165, 1.54) is 6.92 Å². The maximum absolute atomic E-state index is 9.99. The Hall–Kier alpha value is -1.06. The van der Waals surface area contributed by atoms with Crippen molar-refractivity contribution in [2.75, 3.05) is 6.61 Å². The minimum Gasteiger partial charge on any atom is -0.550 e. The highest BCUT2D eigenvalue weighted by atomic mass is 16.5. The predicted octanol–water partition coefficient (Wildman–Crippen LogP) is -1.31. The highest BCUT2D eigenvalue weighted by molar-refractivity contribution is 5.67. The number of aliphatic carboxylic acids is 1. The topological polar surface area (TPSA) is 66.4 Å². The molecular formula is C5H7O4-. The molecule has 4 heteroatoms. The van der Waals surface area contributed by atoms with Crippen molar-refractivity contribution in [2.24, 2.45) is 0 Å². The van der Waals surface area contributed by atoms with Gasteiger partial charge in [-0.3, -0.25) is 4.79 Å². The van der Waals surface area contributed by atoms with Gasteiger partial charge in [0.25, 0.3) is 0 Å². The fourth-order valence-corrected chi connectivity index (χ4v) is 0.278. The quantitative estimate of drug-likeness (QED) is 0.446. The van der Waals surface area contributed by atoms with E-state index < -0.39 is 11.9 Å². The fourth-order valence-electron chi connectivity index (χ4n) is 0.278. The van der Waals surface area contributed by atoms with E-state index in [4.69, 9.17) is 0 Å². The third-order valence-electron chi connectivity index (χ3n) is 0.612. The molecule has 0 aliphatic heterocycles. The normalized spacial score (nSPS) is 8.56. The number of carboxylic acids is 1. The highest BCUT2D eigenvalue weighted by Crippen LogP contribution is 1.80. The van der Waals surface area contributed by atoms with Gasteiger partial charge in [-0.25, -0.2) is 0 Å². The summed E-state index contributed by atoms with van der Waals surface area (Å²) in [5, 5.41) is 9.68. The smallest absolute Gasteiger partial charge is 0.302 e. The maximum Gasteiger partial charge on any atom is 0.302 e. The van der Waals surface area contributed by atoms with Crippen LogP contribution in [-0.2, 0) is 14.3 Å². The molecule has 0 saturated carbocycles. The van der Waals surface area contributed by atoms with Gasteiger partial charge >= 0.3 is 5.97 Å². The molecule has 0 amide bonds. The second kappa shape index (κ2) is 3.88. The molecule has 0 spiro atoms. The van der Waals surface area contributed by atoms with Gasteiger partial charge in [-0.15, -0.1) is 0 Å². The zero-order chi connectivity index (χ0) is 7.28. The van der Waals surface area contributed by atoms with Gasteiger partial charge in [0.05, 0.1) is 6.61 Å². The van der Waals surface area contributed by atoms with Crippen molar-refractivity contribution >= 4 is 11.9 Å². The van der Waals surface area contributed by atoms with Crippen LogP contribution in [0.3, 0.4) is 0 Å². The van der Waals surface area contributed by atoms with Gasteiger partial charge in [0.1, 0.15) is 0 Å². The molecule has 0 heterocycles. The van der Waals surface area contributed by atoms with E-state index in [2.05, 4.69) is 4.74 Å². The Labute approximate surface area is 52.4 Å². The molecule has 0 aliphatic carbocycles. The lowest BCUT2D eigenvalue weighted by Gasteiger charge is -2.00. The first-order valence-corrected chi connectivity index (χ1v) is 2.46. The average Bonchev–Trinajstić information content (AvgIpc) is 1.63. The number of hydrogen-bond donors (Lipinski definition) is 0. The van der Waals surface area contributed by atoms with Crippen molar-refractivity contribution in [2.45, 2.75) is 13.3 Å². The van der Waals surface area contributed by atoms with Crippen LogP contribution in [-0.4, -0.2) is 18.5 Å². The zero-order valence-electron chi connectivity index (χ0n) is 5.05. The molecule has 0 aliphatic rings. The standard InChI is InChI=1S/C5H8O4/c1-4(6)9-3-2-5(7)8/h2-3H2,1H3,(H,7,8)/p-1. The molecule has 0 aromatic rings. The van der Waals surface area contributed by atoms with Gasteiger partial charge in [0.2, 0.25) is 0 Å². The van der Waals surface area contributed by atoms with Gasteiger partial charge in [0, 0.05) is 19.3 Å². The van der Waals surface area contributed by atoms with Crippen LogP contribution < -0.4 is 5.11 Å². The molecule has 9 heavy (non-hydrogen) atoms. The van der Waals surface area contributed by atoms with Crippen LogP contribution in [0.25, 0.3) is 0 Å². The van der Waals surface area contributed by atoms with E-state index in [0.717, 1.165) is 0 Å². The monoisotopic (exact) mass is 131 g/mol. The van der Waals surface area contributed by atoms with Crippen molar-refractivity contribution in [1.82, 2.24) is 0 Å². The van der Waals surface area contributed by atoms with Crippen molar-refractivity contribution in [3.63, 3.8) is 0 Å². The molecule has 0 aromatic carbocycles. The third kappa shape index (κ3) is 6.94. The molecule has 0 bridgehead atoms. The lowest BCUT2D eigenvalue weighted by atomic mass is 10.5. The minimum atomic E-state index is -1.21. The van der Waals surface area contributed by atoms with Crippen molar-refractivity contribution < 1.29 is 19.4 Å². The summed E-state index contributed by atoms with van der Waals surface area (Å²) >= 11 is 0. The summed E-state index contributed by atoms with van der Waals surface area (Å²) in [6.07, 6.45) is -0.237. The Bertz CT molecular complexity index is 104. The largest absolute Gasteiger partial charge is 0.550 e. The molecule has 0 aromatic heterocycles. The molecule has 0 fully saturated rings. The summed E-state index contributed by atoms with van der Waals surface area (Å²) in [7, 11) is 0. The number of carbonyl (C=O) groups excluding carboxylic acids is 2. The summed E-state index contributed by atoms with van der Waals surface area (Å²) in [6.45, 7) is 1.12. The second-order valence-corrected chi connectivity index (χ2v) is 1.46. The molecule has 0 unspecified atom stereocenters. The SMILES string of the molecule is CC(=O)OCCC(=O)[O-]. The van der Waals surface area contributed by atoms with Gasteiger partial charge in [0.15, 0.2) is 0 Å². The van der Waals surface area contributed by atoms with Crippen molar-refractivity contribution in [3.05, 3.63) is 0 Å². The van der Waals surface area contributed by atoms with Crippen LogP contribution in [0.15, 0.2) is 0 Å². The van der Waals surface area contributed by atoms with Crippen LogP contribution in [0.4, 0.5) is 0 Å². The molecule has 0 saturated heterocycles. The molecule has 0 atom stereocenters. The lowest BCUT2D eigenvalue weighted by molar-refractivity contribution is -0.306. The number of hydrogen-bond acceptors (Lipinski definition) is 4. The Balaban J connectivity index is 3.10. The van der Waals surface area contributed by atoms with E-state index >= 15 is 0 Å². The van der Waals surface area contributed by atoms with E-state index in [9.17, 15) is 14.7 Å². The first kappa shape index (κ1) is 7.94. The predicted molar refractivity (Wildman–Crippen MR) is 26.3 cm³/mol. The summed E-state index contributed by atoms with van der Waals surface area (Å²) in [5.41, 5.74) is 0. The van der Waals surface area contributed by atoms with Gasteiger partial charge in [-0.05, 0) is 0 Å². The lowest BCUT2D eigenvalue weighted by Crippen LogP contribution is -2.23. The third-order valence-corrected chi connectivity index (χ3v) is 0.612. The number of carboxylic acid groups (broad SMARTS) is 1. The van der Waals surface area contributed by atoms with Crippen LogP contribution in [0.2, 0.25) is 0 Å². The maximum atomic E-state index is 9.99.